The van der Waals surface area contributed by atoms with Gasteiger partial charge in [-0.1, -0.05) is 12.1 Å². The van der Waals surface area contributed by atoms with Gasteiger partial charge in [0.2, 0.25) is 11.8 Å². The maximum atomic E-state index is 12.1. The number of amides is 2. The van der Waals surface area contributed by atoms with Crippen molar-refractivity contribution in [2.75, 3.05) is 7.11 Å². The first-order valence-electron chi connectivity index (χ1n) is 6.11. The van der Waals surface area contributed by atoms with Crippen molar-refractivity contribution < 1.29 is 19.1 Å². The highest BCUT2D eigenvalue weighted by Crippen LogP contribution is 2.20. The Morgan fingerprint density at radius 1 is 1.42 bits per heavy atom. The molecule has 19 heavy (non-hydrogen) atoms. The van der Waals surface area contributed by atoms with Crippen LogP contribution >= 0.6 is 0 Å². The number of carbonyl (C=O) groups is 3. The molecule has 2 rings (SSSR count). The van der Waals surface area contributed by atoms with Gasteiger partial charge in [0.05, 0.1) is 7.11 Å². The highest BCUT2D eigenvalue weighted by molar-refractivity contribution is 6.03. The number of carbonyl (C=O) groups excluding carboxylic acids is 3. The Kier molecular flexibility index (Phi) is 3.94. The van der Waals surface area contributed by atoms with Crippen LogP contribution in [0.2, 0.25) is 0 Å². The molecule has 1 aromatic rings. The van der Waals surface area contributed by atoms with Crippen molar-refractivity contribution in [3.05, 3.63) is 29.8 Å². The maximum absolute atomic E-state index is 12.1. The van der Waals surface area contributed by atoms with E-state index in [1.807, 2.05) is 0 Å². The van der Waals surface area contributed by atoms with E-state index in [-0.39, 0.29) is 24.0 Å². The van der Waals surface area contributed by atoms with Crippen molar-refractivity contribution >= 4 is 17.6 Å². The van der Waals surface area contributed by atoms with Gasteiger partial charge in [-0.05, 0) is 18.6 Å². The fourth-order valence-corrected chi connectivity index (χ4v) is 2.07. The Morgan fingerprint density at radius 3 is 2.89 bits per heavy atom. The van der Waals surface area contributed by atoms with E-state index in [4.69, 9.17) is 4.74 Å². The van der Waals surface area contributed by atoms with Gasteiger partial charge in [0, 0.05) is 24.3 Å². The van der Waals surface area contributed by atoms with E-state index in [2.05, 4.69) is 5.32 Å². The molecule has 0 bridgehead atoms. The Morgan fingerprint density at radius 2 is 2.21 bits per heavy atom. The minimum atomic E-state index is -0.420. The summed E-state index contributed by atoms with van der Waals surface area (Å²) in [6, 6.07) is 6.82. The normalized spacial score (nSPS) is 18.9. The largest absolute Gasteiger partial charge is 0.497 e. The minimum Gasteiger partial charge on any atom is -0.497 e. The zero-order valence-electron chi connectivity index (χ0n) is 10.6. The highest BCUT2D eigenvalue weighted by atomic mass is 16.5. The fraction of sp³-hybridized carbons (Fsp3) is 0.357. The molecule has 1 N–H and O–H groups in total. The molecule has 2 amide bonds. The average molecular weight is 261 g/mol. The number of hydrogen-bond acceptors (Lipinski definition) is 4. The zero-order valence-corrected chi connectivity index (χ0v) is 10.6. The molecule has 0 radical (unpaired) electrons. The molecule has 5 heteroatoms. The van der Waals surface area contributed by atoms with Gasteiger partial charge in [0.15, 0.2) is 5.78 Å². The number of ketones is 1. The lowest BCUT2D eigenvalue weighted by Crippen LogP contribution is -2.41. The highest BCUT2D eigenvalue weighted by Gasteiger charge is 2.28. The summed E-state index contributed by atoms with van der Waals surface area (Å²) in [5.74, 6) is -0.554. The number of rotatable bonds is 4. The standard InChI is InChI=1S/C14H15NO4/c1-19-11-4-2-3-9(7-11)12(16)8-10-5-6-13(17)15-14(10)18/h2-4,7,10H,5-6,8H2,1H3,(H,15,17,18). The van der Waals surface area contributed by atoms with Gasteiger partial charge in [-0.3, -0.25) is 19.7 Å². The van der Waals surface area contributed by atoms with Crippen LogP contribution in [-0.2, 0) is 9.59 Å². The summed E-state index contributed by atoms with van der Waals surface area (Å²) in [7, 11) is 1.53. The number of Topliss-reactive ketones (excluding diaryl/α,β-unsaturated/α-hetero) is 1. The lowest BCUT2D eigenvalue weighted by atomic mass is 9.91. The summed E-state index contributed by atoms with van der Waals surface area (Å²) in [5.41, 5.74) is 0.518. The van der Waals surface area contributed by atoms with E-state index >= 15 is 0 Å². The topological polar surface area (TPSA) is 72.5 Å². The molecular formula is C14H15NO4. The quantitative estimate of drug-likeness (QED) is 0.655. The first-order valence-corrected chi connectivity index (χ1v) is 6.11. The predicted octanol–water partition coefficient (Wildman–Crippen LogP) is 1.32. The number of hydrogen-bond donors (Lipinski definition) is 1. The molecule has 1 heterocycles. The summed E-state index contributed by atoms with van der Waals surface area (Å²) in [5, 5.41) is 2.25. The fourth-order valence-electron chi connectivity index (χ4n) is 2.07. The number of ether oxygens (including phenoxy) is 1. The summed E-state index contributed by atoms with van der Waals surface area (Å²) < 4.78 is 5.05. The molecule has 1 atom stereocenters. The minimum absolute atomic E-state index is 0.117. The Bertz CT molecular complexity index is 524. The molecule has 1 aromatic carbocycles. The average Bonchev–Trinajstić information content (AvgIpc) is 2.42. The second-order valence-corrected chi connectivity index (χ2v) is 4.51. The lowest BCUT2D eigenvalue weighted by molar-refractivity contribution is -0.136. The molecule has 1 aliphatic heterocycles. The van der Waals surface area contributed by atoms with Crippen molar-refractivity contribution in [2.24, 2.45) is 5.92 Å². The van der Waals surface area contributed by atoms with E-state index in [9.17, 15) is 14.4 Å². The van der Waals surface area contributed by atoms with Crippen LogP contribution in [0, 0.1) is 5.92 Å². The van der Waals surface area contributed by atoms with Crippen molar-refractivity contribution in [3.63, 3.8) is 0 Å². The van der Waals surface area contributed by atoms with Crippen LogP contribution in [-0.4, -0.2) is 24.7 Å². The summed E-state index contributed by atoms with van der Waals surface area (Å²) in [6.07, 6.45) is 0.842. The van der Waals surface area contributed by atoms with E-state index in [1.165, 1.54) is 7.11 Å². The maximum Gasteiger partial charge on any atom is 0.230 e. The molecule has 0 aromatic heterocycles. The van der Waals surface area contributed by atoms with E-state index < -0.39 is 5.92 Å². The lowest BCUT2D eigenvalue weighted by Gasteiger charge is -2.20. The molecule has 1 aliphatic rings. The van der Waals surface area contributed by atoms with Gasteiger partial charge in [-0.25, -0.2) is 0 Å². The SMILES string of the molecule is COc1cccc(C(=O)CC2CCC(=O)NC2=O)c1. The molecule has 5 nitrogen and oxygen atoms in total. The van der Waals surface area contributed by atoms with Crippen molar-refractivity contribution in [2.45, 2.75) is 19.3 Å². The monoisotopic (exact) mass is 261 g/mol. The molecule has 0 spiro atoms. The molecule has 0 aliphatic carbocycles. The number of imide groups is 1. The van der Waals surface area contributed by atoms with Crippen LogP contribution in [0.25, 0.3) is 0 Å². The first kappa shape index (κ1) is 13.3. The third-order valence-corrected chi connectivity index (χ3v) is 3.18. The van der Waals surface area contributed by atoms with Gasteiger partial charge in [-0.15, -0.1) is 0 Å². The van der Waals surface area contributed by atoms with Gasteiger partial charge < -0.3 is 4.74 Å². The van der Waals surface area contributed by atoms with Crippen LogP contribution < -0.4 is 10.1 Å². The van der Waals surface area contributed by atoms with Gasteiger partial charge in [0.1, 0.15) is 5.75 Å². The van der Waals surface area contributed by atoms with Crippen LogP contribution in [0.15, 0.2) is 24.3 Å². The van der Waals surface area contributed by atoms with Gasteiger partial charge in [0.25, 0.3) is 0 Å². The van der Waals surface area contributed by atoms with Crippen LogP contribution in [0.5, 0.6) is 5.75 Å². The van der Waals surface area contributed by atoms with Crippen LogP contribution in [0.4, 0.5) is 0 Å². The molecule has 0 saturated carbocycles. The summed E-state index contributed by atoms with van der Waals surface area (Å²) >= 11 is 0. The van der Waals surface area contributed by atoms with Gasteiger partial charge in [-0.2, -0.15) is 0 Å². The number of methoxy groups -OCH3 is 1. The molecule has 1 fully saturated rings. The van der Waals surface area contributed by atoms with E-state index in [1.54, 1.807) is 24.3 Å². The Balaban J connectivity index is 2.04. The molecule has 1 unspecified atom stereocenters. The van der Waals surface area contributed by atoms with Gasteiger partial charge >= 0.3 is 0 Å². The first-order chi connectivity index (χ1) is 9.10. The Labute approximate surface area is 110 Å². The van der Waals surface area contributed by atoms with Crippen molar-refractivity contribution in [3.8, 4) is 5.75 Å². The van der Waals surface area contributed by atoms with Crippen LogP contribution in [0.1, 0.15) is 29.6 Å². The summed E-state index contributed by atoms with van der Waals surface area (Å²) in [6.45, 7) is 0. The second kappa shape index (κ2) is 5.65. The van der Waals surface area contributed by atoms with Crippen molar-refractivity contribution in [1.82, 2.24) is 5.32 Å². The smallest absolute Gasteiger partial charge is 0.230 e. The molecule has 1 saturated heterocycles. The van der Waals surface area contributed by atoms with Crippen LogP contribution in [0.3, 0.4) is 0 Å². The summed E-state index contributed by atoms with van der Waals surface area (Å²) in [4.78, 5) is 34.7. The number of piperidine rings is 1. The second-order valence-electron chi connectivity index (χ2n) is 4.51. The van der Waals surface area contributed by atoms with E-state index in [0.717, 1.165) is 0 Å². The Hall–Kier alpha value is -2.17. The third kappa shape index (κ3) is 3.19. The number of benzene rings is 1. The van der Waals surface area contributed by atoms with E-state index in [0.29, 0.717) is 24.2 Å². The van der Waals surface area contributed by atoms with Crippen molar-refractivity contribution in [1.29, 1.82) is 0 Å². The predicted molar refractivity (Wildman–Crippen MR) is 67.8 cm³/mol. The molecule has 100 valence electrons. The molecular weight excluding hydrogens is 246 g/mol. The third-order valence-electron chi connectivity index (χ3n) is 3.18. The zero-order chi connectivity index (χ0) is 13.8. The number of nitrogens with one attached hydrogen (secondary N) is 1.